The third kappa shape index (κ3) is 5.88. The monoisotopic (exact) mass is 439 g/mol. The topological polar surface area (TPSA) is 61.4 Å². The van der Waals surface area contributed by atoms with E-state index in [4.69, 9.17) is 0 Å². The summed E-state index contributed by atoms with van der Waals surface area (Å²) in [6, 6.07) is 26.7. The molecule has 0 heterocycles. The summed E-state index contributed by atoms with van der Waals surface area (Å²) >= 11 is 0. The number of hydrogen-bond donors (Lipinski definition) is 2. The zero-order valence-corrected chi connectivity index (χ0v) is 18.7. The van der Waals surface area contributed by atoms with Crippen molar-refractivity contribution in [3.05, 3.63) is 90.0 Å². The number of carbonyl (C=O) groups excluding carboxylic acids is 2. The van der Waals surface area contributed by atoms with Gasteiger partial charge < -0.3 is 10.6 Å². The Balaban J connectivity index is 1.16. The third-order valence-electron chi connectivity index (χ3n) is 6.20. The van der Waals surface area contributed by atoms with Crippen molar-refractivity contribution in [3.8, 4) is 11.1 Å². The van der Waals surface area contributed by atoms with Gasteiger partial charge in [-0.1, -0.05) is 54.6 Å². The second-order valence-corrected chi connectivity index (χ2v) is 9.07. The minimum atomic E-state index is -0.00482. The van der Waals surface area contributed by atoms with Crippen LogP contribution in [0.2, 0.25) is 0 Å². The van der Waals surface area contributed by atoms with E-state index in [2.05, 4.69) is 27.7 Å². The van der Waals surface area contributed by atoms with E-state index < -0.39 is 0 Å². The van der Waals surface area contributed by atoms with Crippen LogP contribution in [0.4, 0.5) is 5.69 Å². The van der Waals surface area contributed by atoms with Crippen LogP contribution in [0.3, 0.4) is 0 Å². The van der Waals surface area contributed by atoms with Crippen LogP contribution in [0.1, 0.15) is 41.6 Å². The van der Waals surface area contributed by atoms with Gasteiger partial charge in [-0.15, -0.1) is 0 Å². The SMILES string of the molecule is O=C(CN(Cc1ccc(C(=O)NC2CC2)cc1)C1CC1)Nc1ccc(-c2ccccc2)cc1. The maximum Gasteiger partial charge on any atom is 0.251 e. The van der Waals surface area contributed by atoms with Crippen LogP contribution in [-0.4, -0.2) is 35.3 Å². The van der Waals surface area contributed by atoms with E-state index >= 15 is 0 Å². The zero-order chi connectivity index (χ0) is 22.6. The lowest BCUT2D eigenvalue weighted by Crippen LogP contribution is -2.34. The van der Waals surface area contributed by atoms with Gasteiger partial charge in [0.1, 0.15) is 0 Å². The van der Waals surface area contributed by atoms with Gasteiger partial charge in [0.15, 0.2) is 0 Å². The Kier molecular flexibility index (Phi) is 6.22. The Bertz CT molecular complexity index is 1100. The molecule has 0 unspecified atom stereocenters. The zero-order valence-electron chi connectivity index (χ0n) is 18.7. The number of carbonyl (C=O) groups is 2. The summed E-state index contributed by atoms with van der Waals surface area (Å²) in [7, 11) is 0. The highest BCUT2D eigenvalue weighted by Gasteiger charge is 2.30. The van der Waals surface area contributed by atoms with Crippen LogP contribution in [0, 0.1) is 0 Å². The molecule has 3 aromatic carbocycles. The van der Waals surface area contributed by atoms with E-state index in [1.54, 1.807) is 0 Å². The van der Waals surface area contributed by atoms with Crippen LogP contribution < -0.4 is 10.6 Å². The fourth-order valence-corrected chi connectivity index (χ4v) is 4.01. The van der Waals surface area contributed by atoms with Crippen LogP contribution in [-0.2, 0) is 11.3 Å². The molecule has 2 amide bonds. The molecule has 0 bridgehead atoms. The molecule has 0 aliphatic heterocycles. The molecule has 2 N–H and O–H groups in total. The minimum Gasteiger partial charge on any atom is -0.349 e. The standard InChI is InChI=1S/C28H29N3O2/c32-27(29-24-12-10-22(11-13-24)21-4-2-1-3-5-21)19-31(26-16-17-26)18-20-6-8-23(9-7-20)28(33)30-25-14-15-25/h1-13,25-26H,14-19H2,(H,29,32)(H,30,33). The van der Waals surface area contributed by atoms with E-state index in [-0.39, 0.29) is 11.8 Å². The normalized spacial score (nSPS) is 15.3. The number of anilines is 1. The highest BCUT2D eigenvalue weighted by Crippen LogP contribution is 2.28. The summed E-state index contributed by atoms with van der Waals surface area (Å²) in [5, 5.41) is 6.05. The predicted molar refractivity (Wildman–Crippen MR) is 131 cm³/mol. The van der Waals surface area contributed by atoms with Crippen molar-refractivity contribution in [2.75, 3.05) is 11.9 Å². The molecule has 33 heavy (non-hydrogen) atoms. The Morgan fingerprint density at radius 1 is 0.788 bits per heavy atom. The minimum absolute atomic E-state index is 0.000703. The summed E-state index contributed by atoms with van der Waals surface area (Å²) in [4.78, 5) is 27.2. The molecule has 5 heteroatoms. The average Bonchev–Trinajstić information content (AvgIpc) is 3.75. The first-order chi connectivity index (χ1) is 16.1. The van der Waals surface area contributed by atoms with Gasteiger partial charge in [-0.25, -0.2) is 0 Å². The van der Waals surface area contributed by atoms with Crippen LogP contribution in [0.25, 0.3) is 11.1 Å². The quantitative estimate of drug-likeness (QED) is 0.501. The summed E-state index contributed by atoms with van der Waals surface area (Å²) in [6.45, 7) is 1.06. The molecular weight excluding hydrogens is 410 g/mol. The molecule has 0 saturated heterocycles. The lowest BCUT2D eigenvalue weighted by Gasteiger charge is -2.21. The Morgan fingerprint density at radius 3 is 2.09 bits per heavy atom. The van der Waals surface area contributed by atoms with Gasteiger partial charge in [-0.3, -0.25) is 14.5 Å². The Labute approximate surface area is 194 Å². The molecule has 2 saturated carbocycles. The van der Waals surface area contributed by atoms with Gasteiger partial charge >= 0.3 is 0 Å². The number of nitrogens with one attached hydrogen (secondary N) is 2. The first kappa shape index (κ1) is 21.4. The molecule has 2 aliphatic carbocycles. The first-order valence-corrected chi connectivity index (χ1v) is 11.7. The molecule has 2 fully saturated rings. The van der Waals surface area contributed by atoms with E-state index in [0.717, 1.165) is 48.1 Å². The largest absolute Gasteiger partial charge is 0.349 e. The Morgan fingerprint density at radius 2 is 1.45 bits per heavy atom. The van der Waals surface area contributed by atoms with Crippen molar-refractivity contribution in [2.24, 2.45) is 0 Å². The van der Waals surface area contributed by atoms with Crippen molar-refractivity contribution in [1.82, 2.24) is 10.2 Å². The summed E-state index contributed by atoms with van der Waals surface area (Å²) in [5.74, 6) is -0.00412. The molecular formula is C28H29N3O2. The highest BCUT2D eigenvalue weighted by molar-refractivity contribution is 5.94. The van der Waals surface area contributed by atoms with Crippen LogP contribution in [0.5, 0.6) is 0 Å². The highest BCUT2D eigenvalue weighted by atomic mass is 16.2. The van der Waals surface area contributed by atoms with Gasteiger partial charge in [0.05, 0.1) is 6.54 Å². The van der Waals surface area contributed by atoms with E-state index in [9.17, 15) is 9.59 Å². The second-order valence-electron chi connectivity index (χ2n) is 9.07. The summed E-state index contributed by atoms with van der Waals surface area (Å²) < 4.78 is 0. The number of amides is 2. The molecule has 168 valence electrons. The smallest absolute Gasteiger partial charge is 0.251 e. The molecule has 3 aromatic rings. The first-order valence-electron chi connectivity index (χ1n) is 11.7. The van der Waals surface area contributed by atoms with Gasteiger partial charge in [0.25, 0.3) is 5.91 Å². The van der Waals surface area contributed by atoms with Crippen molar-refractivity contribution in [3.63, 3.8) is 0 Å². The lowest BCUT2D eigenvalue weighted by molar-refractivity contribution is -0.117. The van der Waals surface area contributed by atoms with Crippen molar-refractivity contribution in [2.45, 2.75) is 44.3 Å². The molecule has 0 radical (unpaired) electrons. The molecule has 2 aliphatic rings. The maximum absolute atomic E-state index is 12.7. The van der Waals surface area contributed by atoms with Crippen molar-refractivity contribution in [1.29, 1.82) is 0 Å². The predicted octanol–water partition coefficient (Wildman–Crippen LogP) is 4.85. The van der Waals surface area contributed by atoms with Gasteiger partial charge in [0, 0.05) is 29.9 Å². The van der Waals surface area contributed by atoms with E-state index in [1.165, 1.54) is 0 Å². The fourth-order valence-electron chi connectivity index (χ4n) is 4.01. The van der Waals surface area contributed by atoms with Gasteiger partial charge in [-0.05, 0) is 66.6 Å². The summed E-state index contributed by atoms with van der Waals surface area (Å²) in [6.07, 6.45) is 4.42. The molecule has 5 nitrogen and oxygen atoms in total. The van der Waals surface area contributed by atoms with E-state index in [1.807, 2.05) is 66.7 Å². The molecule has 0 atom stereocenters. The van der Waals surface area contributed by atoms with E-state index in [0.29, 0.717) is 30.7 Å². The number of nitrogens with zero attached hydrogens (tertiary/aromatic N) is 1. The number of rotatable bonds is 9. The molecule has 5 rings (SSSR count). The van der Waals surface area contributed by atoms with Crippen LogP contribution >= 0.6 is 0 Å². The fraction of sp³-hybridized carbons (Fsp3) is 0.286. The Hall–Kier alpha value is -3.44. The second kappa shape index (κ2) is 9.59. The molecule has 0 aromatic heterocycles. The number of benzene rings is 3. The maximum atomic E-state index is 12.7. The summed E-state index contributed by atoms with van der Waals surface area (Å²) in [5.41, 5.74) is 4.90. The average molecular weight is 440 g/mol. The van der Waals surface area contributed by atoms with Crippen molar-refractivity contribution >= 4 is 17.5 Å². The van der Waals surface area contributed by atoms with Crippen molar-refractivity contribution < 1.29 is 9.59 Å². The molecule has 0 spiro atoms. The third-order valence-corrected chi connectivity index (χ3v) is 6.20. The van der Waals surface area contributed by atoms with Gasteiger partial charge in [-0.2, -0.15) is 0 Å². The van der Waals surface area contributed by atoms with Crippen LogP contribution in [0.15, 0.2) is 78.9 Å². The van der Waals surface area contributed by atoms with Gasteiger partial charge in [0.2, 0.25) is 5.91 Å². The number of hydrogen-bond acceptors (Lipinski definition) is 3. The lowest BCUT2D eigenvalue weighted by atomic mass is 10.1.